The number of hydrogen-bond donors (Lipinski definition) is 2. The molecule has 0 aromatic heterocycles. The van der Waals surface area contributed by atoms with Gasteiger partial charge in [0, 0.05) is 11.3 Å². The normalized spacial score (nSPS) is 16.9. The zero-order chi connectivity index (χ0) is 19.1. The highest BCUT2D eigenvalue weighted by molar-refractivity contribution is 5.94. The molecule has 1 aliphatic heterocycles. The number of hydrogen-bond acceptors (Lipinski definition) is 3. The van der Waals surface area contributed by atoms with Crippen LogP contribution in [0.15, 0.2) is 103 Å². The maximum Gasteiger partial charge on any atom is 0.102 e. The molecule has 3 nitrogen and oxygen atoms in total. The Morgan fingerprint density at radius 3 is 2.11 bits per heavy atom. The summed E-state index contributed by atoms with van der Waals surface area (Å²) in [4.78, 5) is 0. The van der Waals surface area contributed by atoms with Crippen LogP contribution in [0.4, 0.5) is 0 Å². The fourth-order valence-corrected chi connectivity index (χ4v) is 4.05. The molecular weight excluding hydrogens is 344 g/mol. The Labute approximate surface area is 163 Å². The lowest BCUT2D eigenvalue weighted by molar-refractivity contribution is -0.0534. The van der Waals surface area contributed by atoms with Crippen molar-refractivity contribution in [3.05, 3.63) is 114 Å². The third-order valence-electron chi connectivity index (χ3n) is 5.37. The lowest BCUT2D eigenvalue weighted by Gasteiger charge is -2.32. The van der Waals surface area contributed by atoms with E-state index in [0.717, 1.165) is 32.7 Å². The standard InChI is InChI=1S/C25H20N2O/c26-19-15-24(22-13-5-9-17-7-1-3-11-20(17)22)27(28)25(16-19)23-14-6-10-18-8-2-4-12-21(18)23/h1-16,24,28H,26H2. The predicted octanol–water partition coefficient (Wildman–Crippen LogP) is 5.62. The molecule has 4 aromatic rings. The molecule has 0 bridgehead atoms. The lowest BCUT2D eigenvalue weighted by Crippen LogP contribution is -2.27. The van der Waals surface area contributed by atoms with Crippen molar-refractivity contribution in [2.45, 2.75) is 6.04 Å². The molecule has 0 spiro atoms. The molecule has 136 valence electrons. The van der Waals surface area contributed by atoms with Gasteiger partial charge in [0.05, 0.1) is 5.70 Å². The molecule has 1 atom stereocenters. The summed E-state index contributed by atoms with van der Waals surface area (Å²) in [6.07, 6.45) is 3.74. The highest BCUT2D eigenvalue weighted by Gasteiger charge is 2.26. The monoisotopic (exact) mass is 364 g/mol. The van der Waals surface area contributed by atoms with Crippen LogP contribution >= 0.6 is 0 Å². The summed E-state index contributed by atoms with van der Waals surface area (Å²) in [5.74, 6) is 0. The maximum atomic E-state index is 11.2. The Morgan fingerprint density at radius 1 is 0.714 bits per heavy atom. The SMILES string of the molecule is NC1=CC(c2cccc3ccccc23)N(O)C(c2cccc3ccccc23)=C1. The van der Waals surface area contributed by atoms with Crippen LogP contribution in [0.2, 0.25) is 0 Å². The Hall–Kier alpha value is -3.56. The van der Waals surface area contributed by atoms with Gasteiger partial charge in [0.25, 0.3) is 0 Å². The molecular formula is C25H20N2O. The van der Waals surface area contributed by atoms with E-state index in [1.165, 1.54) is 5.06 Å². The third kappa shape index (κ3) is 2.65. The summed E-state index contributed by atoms with van der Waals surface area (Å²) in [5.41, 5.74) is 9.62. The van der Waals surface area contributed by atoms with Gasteiger partial charge in [-0.15, -0.1) is 0 Å². The van der Waals surface area contributed by atoms with E-state index in [9.17, 15) is 5.21 Å². The quantitative estimate of drug-likeness (QED) is 0.485. The molecule has 0 saturated carbocycles. The van der Waals surface area contributed by atoms with Gasteiger partial charge < -0.3 is 5.73 Å². The maximum absolute atomic E-state index is 11.2. The van der Waals surface area contributed by atoms with Crippen LogP contribution < -0.4 is 5.73 Å². The molecule has 5 rings (SSSR count). The summed E-state index contributed by atoms with van der Waals surface area (Å²) < 4.78 is 0. The zero-order valence-corrected chi connectivity index (χ0v) is 15.3. The second-order valence-electron chi connectivity index (χ2n) is 7.08. The fraction of sp³-hybridized carbons (Fsp3) is 0.0400. The minimum atomic E-state index is -0.356. The average molecular weight is 364 g/mol. The lowest BCUT2D eigenvalue weighted by atomic mass is 9.93. The molecule has 0 radical (unpaired) electrons. The second-order valence-corrected chi connectivity index (χ2v) is 7.08. The first kappa shape index (κ1) is 16.6. The molecule has 0 fully saturated rings. The molecule has 0 aliphatic carbocycles. The molecule has 1 heterocycles. The van der Waals surface area contributed by atoms with Crippen LogP contribution in [-0.4, -0.2) is 10.3 Å². The first-order chi connectivity index (χ1) is 13.7. The first-order valence-corrected chi connectivity index (χ1v) is 9.35. The van der Waals surface area contributed by atoms with Gasteiger partial charge in [-0.2, -0.15) is 0 Å². The summed E-state index contributed by atoms with van der Waals surface area (Å²) in [5, 5.41) is 17.0. The van der Waals surface area contributed by atoms with Gasteiger partial charge in [-0.05, 0) is 39.3 Å². The smallest absolute Gasteiger partial charge is 0.102 e. The number of fused-ring (bicyclic) bond motifs is 2. The van der Waals surface area contributed by atoms with Gasteiger partial charge >= 0.3 is 0 Å². The number of allylic oxidation sites excluding steroid dienone is 1. The van der Waals surface area contributed by atoms with Gasteiger partial charge in [-0.25, -0.2) is 5.06 Å². The number of nitrogens with zero attached hydrogens (tertiary/aromatic N) is 1. The van der Waals surface area contributed by atoms with E-state index in [1.54, 1.807) is 0 Å². The van der Waals surface area contributed by atoms with Gasteiger partial charge in [0.15, 0.2) is 0 Å². The molecule has 0 amide bonds. The van der Waals surface area contributed by atoms with Crippen molar-refractivity contribution < 1.29 is 5.21 Å². The summed E-state index contributed by atoms with van der Waals surface area (Å²) in [6.45, 7) is 0. The Morgan fingerprint density at radius 2 is 1.32 bits per heavy atom. The Bertz CT molecular complexity index is 1250. The molecule has 3 N–H and O–H groups in total. The number of rotatable bonds is 2. The molecule has 0 saturated heterocycles. The van der Waals surface area contributed by atoms with Crippen molar-refractivity contribution in [1.82, 2.24) is 5.06 Å². The predicted molar refractivity (Wildman–Crippen MR) is 115 cm³/mol. The van der Waals surface area contributed by atoms with E-state index in [1.807, 2.05) is 60.7 Å². The summed E-state index contributed by atoms with van der Waals surface area (Å²) >= 11 is 0. The van der Waals surface area contributed by atoms with Gasteiger partial charge in [0.2, 0.25) is 0 Å². The topological polar surface area (TPSA) is 49.5 Å². The fourth-order valence-electron chi connectivity index (χ4n) is 4.05. The van der Waals surface area contributed by atoms with E-state index in [-0.39, 0.29) is 6.04 Å². The molecule has 3 heteroatoms. The van der Waals surface area contributed by atoms with Crippen LogP contribution in [0.3, 0.4) is 0 Å². The van der Waals surface area contributed by atoms with Gasteiger partial charge in [-0.3, -0.25) is 5.21 Å². The first-order valence-electron chi connectivity index (χ1n) is 9.35. The Kier molecular flexibility index (Phi) is 3.89. The van der Waals surface area contributed by atoms with Crippen LogP contribution in [0.1, 0.15) is 17.2 Å². The van der Waals surface area contributed by atoms with Crippen molar-refractivity contribution in [2.75, 3.05) is 0 Å². The number of hydroxylamine groups is 2. The number of nitrogens with two attached hydrogens (primary N) is 1. The van der Waals surface area contributed by atoms with Gasteiger partial charge in [-0.1, -0.05) is 84.9 Å². The van der Waals surface area contributed by atoms with Crippen LogP contribution in [0, 0.1) is 0 Å². The average Bonchev–Trinajstić information content (AvgIpc) is 2.74. The van der Waals surface area contributed by atoms with Crippen LogP contribution in [0.25, 0.3) is 27.2 Å². The van der Waals surface area contributed by atoms with Gasteiger partial charge in [0.1, 0.15) is 6.04 Å². The minimum Gasteiger partial charge on any atom is -0.399 e. The molecule has 1 aliphatic rings. The van der Waals surface area contributed by atoms with Crippen LogP contribution in [0.5, 0.6) is 0 Å². The summed E-state index contributed by atoms with van der Waals surface area (Å²) in [7, 11) is 0. The zero-order valence-electron chi connectivity index (χ0n) is 15.3. The highest BCUT2D eigenvalue weighted by atomic mass is 16.5. The van der Waals surface area contributed by atoms with Crippen molar-refractivity contribution in [3.63, 3.8) is 0 Å². The van der Waals surface area contributed by atoms with Crippen LogP contribution in [-0.2, 0) is 0 Å². The highest BCUT2D eigenvalue weighted by Crippen LogP contribution is 2.38. The van der Waals surface area contributed by atoms with E-state index in [4.69, 9.17) is 5.73 Å². The third-order valence-corrected chi connectivity index (χ3v) is 5.37. The molecule has 4 aromatic carbocycles. The van der Waals surface area contributed by atoms with E-state index in [2.05, 4.69) is 36.4 Å². The van der Waals surface area contributed by atoms with Crippen molar-refractivity contribution in [1.29, 1.82) is 0 Å². The molecule has 1 unspecified atom stereocenters. The minimum absolute atomic E-state index is 0.356. The van der Waals surface area contributed by atoms with E-state index in [0.29, 0.717) is 11.4 Å². The van der Waals surface area contributed by atoms with Crippen molar-refractivity contribution in [3.8, 4) is 0 Å². The largest absolute Gasteiger partial charge is 0.399 e. The second kappa shape index (κ2) is 6.55. The van der Waals surface area contributed by atoms with Crippen molar-refractivity contribution in [2.24, 2.45) is 5.73 Å². The molecule has 28 heavy (non-hydrogen) atoms. The summed E-state index contributed by atoms with van der Waals surface area (Å²) in [6, 6.07) is 28.3. The van der Waals surface area contributed by atoms with E-state index < -0.39 is 0 Å². The van der Waals surface area contributed by atoms with E-state index >= 15 is 0 Å². The Balaban J connectivity index is 1.67. The number of benzene rings is 4. The van der Waals surface area contributed by atoms with Crippen molar-refractivity contribution >= 4 is 27.2 Å².